The molecule has 0 atom stereocenters. The lowest BCUT2D eigenvalue weighted by Crippen LogP contribution is -1.95. The largest absolute Gasteiger partial charge is 0.453 e. The second-order valence-electron chi connectivity index (χ2n) is 4.08. The van der Waals surface area contributed by atoms with Crippen molar-refractivity contribution in [2.75, 3.05) is 13.6 Å². The van der Waals surface area contributed by atoms with Gasteiger partial charge in [0, 0.05) is 0 Å². The van der Waals surface area contributed by atoms with Gasteiger partial charge in [-0.25, -0.2) is 0 Å². The van der Waals surface area contributed by atoms with Crippen LogP contribution in [0.2, 0.25) is 0 Å². The molecule has 0 aliphatic carbocycles. The molecule has 0 N–H and O–H groups in total. The van der Waals surface area contributed by atoms with Gasteiger partial charge in [0.05, 0.1) is 0 Å². The van der Waals surface area contributed by atoms with Crippen LogP contribution in [0.4, 0.5) is 0 Å². The standard InChI is InChI=1S/C14H10O5/c1-3-9-13(17-7-15-9)11(5-1)19-12-6-2-4-10-14(12)18-8-16-10/h1-6H,7-8H2. The number of hydrogen-bond donors (Lipinski definition) is 0. The molecule has 0 saturated heterocycles. The lowest BCUT2D eigenvalue weighted by molar-refractivity contribution is 0.169. The van der Waals surface area contributed by atoms with Crippen molar-refractivity contribution in [3.63, 3.8) is 0 Å². The predicted molar refractivity (Wildman–Crippen MR) is 65.2 cm³/mol. The molecule has 2 aromatic carbocycles. The number of hydrogen-bond acceptors (Lipinski definition) is 5. The van der Waals surface area contributed by atoms with Crippen LogP contribution in [0.15, 0.2) is 36.4 Å². The van der Waals surface area contributed by atoms with Crippen LogP contribution in [0, 0.1) is 0 Å². The molecule has 4 rings (SSSR count). The first-order valence-corrected chi connectivity index (χ1v) is 5.87. The molecule has 96 valence electrons. The van der Waals surface area contributed by atoms with Gasteiger partial charge >= 0.3 is 0 Å². The Labute approximate surface area is 109 Å². The van der Waals surface area contributed by atoms with E-state index in [0.717, 1.165) is 0 Å². The van der Waals surface area contributed by atoms with E-state index in [9.17, 15) is 0 Å². The smallest absolute Gasteiger partial charge is 0.231 e. The Morgan fingerprint density at radius 3 is 1.74 bits per heavy atom. The topological polar surface area (TPSA) is 46.2 Å². The second kappa shape index (κ2) is 3.98. The van der Waals surface area contributed by atoms with Crippen LogP contribution in [0.3, 0.4) is 0 Å². The monoisotopic (exact) mass is 258 g/mol. The number of benzene rings is 2. The van der Waals surface area contributed by atoms with E-state index >= 15 is 0 Å². The van der Waals surface area contributed by atoms with E-state index < -0.39 is 0 Å². The maximum Gasteiger partial charge on any atom is 0.231 e. The summed E-state index contributed by atoms with van der Waals surface area (Å²) in [5, 5.41) is 0. The number of para-hydroxylation sites is 2. The summed E-state index contributed by atoms with van der Waals surface area (Å²) in [4.78, 5) is 0. The lowest BCUT2D eigenvalue weighted by atomic mass is 10.2. The van der Waals surface area contributed by atoms with Crippen molar-refractivity contribution in [2.45, 2.75) is 0 Å². The zero-order valence-electron chi connectivity index (χ0n) is 9.92. The fraction of sp³-hybridized carbons (Fsp3) is 0.143. The lowest BCUT2D eigenvalue weighted by Gasteiger charge is -2.10. The summed E-state index contributed by atoms with van der Waals surface area (Å²) in [6, 6.07) is 11.0. The minimum Gasteiger partial charge on any atom is -0.453 e. The highest BCUT2D eigenvalue weighted by atomic mass is 16.7. The van der Waals surface area contributed by atoms with Gasteiger partial charge in [-0.15, -0.1) is 0 Å². The van der Waals surface area contributed by atoms with E-state index in [-0.39, 0.29) is 13.6 Å². The average molecular weight is 258 g/mol. The third-order valence-electron chi connectivity index (χ3n) is 2.94. The highest BCUT2D eigenvalue weighted by Gasteiger charge is 2.23. The van der Waals surface area contributed by atoms with Gasteiger partial charge in [0.2, 0.25) is 25.1 Å². The molecule has 0 fully saturated rings. The van der Waals surface area contributed by atoms with E-state index in [1.165, 1.54) is 0 Å². The molecule has 2 aromatic rings. The van der Waals surface area contributed by atoms with Crippen LogP contribution in [-0.4, -0.2) is 13.6 Å². The van der Waals surface area contributed by atoms with E-state index in [0.29, 0.717) is 34.5 Å². The van der Waals surface area contributed by atoms with Crippen molar-refractivity contribution >= 4 is 0 Å². The summed E-state index contributed by atoms with van der Waals surface area (Å²) in [5.74, 6) is 3.78. The summed E-state index contributed by atoms with van der Waals surface area (Å²) in [5.41, 5.74) is 0. The van der Waals surface area contributed by atoms with Crippen LogP contribution in [0.1, 0.15) is 0 Å². The van der Waals surface area contributed by atoms with Gasteiger partial charge in [-0.05, 0) is 24.3 Å². The summed E-state index contributed by atoms with van der Waals surface area (Å²) >= 11 is 0. The average Bonchev–Trinajstić information content (AvgIpc) is 3.08. The van der Waals surface area contributed by atoms with Gasteiger partial charge in [0.25, 0.3) is 0 Å². The normalized spacial score (nSPS) is 14.5. The van der Waals surface area contributed by atoms with Gasteiger partial charge in [0.15, 0.2) is 23.0 Å². The molecule has 0 amide bonds. The van der Waals surface area contributed by atoms with Crippen molar-refractivity contribution in [1.82, 2.24) is 0 Å². The molecule has 0 bridgehead atoms. The molecule has 2 aliphatic rings. The Balaban J connectivity index is 1.73. The fourth-order valence-corrected chi connectivity index (χ4v) is 2.09. The summed E-state index contributed by atoms with van der Waals surface area (Å²) in [6.07, 6.45) is 0. The molecule has 5 heteroatoms. The Hall–Kier alpha value is -2.56. The minimum atomic E-state index is 0.211. The summed E-state index contributed by atoms with van der Waals surface area (Å²) in [7, 11) is 0. The van der Waals surface area contributed by atoms with E-state index in [4.69, 9.17) is 23.7 Å². The molecule has 0 unspecified atom stereocenters. The predicted octanol–water partition coefficient (Wildman–Crippen LogP) is 2.94. The first-order chi connectivity index (χ1) is 9.42. The highest BCUT2D eigenvalue weighted by Crippen LogP contribution is 2.47. The first kappa shape index (κ1) is 10.4. The van der Waals surface area contributed by atoms with Gasteiger partial charge in [0.1, 0.15) is 0 Å². The van der Waals surface area contributed by atoms with Gasteiger partial charge in [-0.3, -0.25) is 0 Å². The number of ether oxygens (including phenoxy) is 5. The third kappa shape index (κ3) is 1.62. The van der Waals surface area contributed by atoms with Gasteiger partial charge in [-0.2, -0.15) is 0 Å². The zero-order valence-corrected chi connectivity index (χ0v) is 9.92. The van der Waals surface area contributed by atoms with E-state index in [1.54, 1.807) is 0 Å². The Morgan fingerprint density at radius 1 is 0.684 bits per heavy atom. The Bertz CT molecular complexity index is 582. The molecule has 19 heavy (non-hydrogen) atoms. The van der Waals surface area contributed by atoms with Crippen molar-refractivity contribution in [1.29, 1.82) is 0 Å². The van der Waals surface area contributed by atoms with Gasteiger partial charge < -0.3 is 23.7 Å². The second-order valence-corrected chi connectivity index (χ2v) is 4.08. The molecule has 5 nitrogen and oxygen atoms in total. The van der Waals surface area contributed by atoms with Crippen molar-refractivity contribution in [2.24, 2.45) is 0 Å². The van der Waals surface area contributed by atoms with Crippen LogP contribution in [0.25, 0.3) is 0 Å². The fourth-order valence-electron chi connectivity index (χ4n) is 2.09. The maximum atomic E-state index is 5.85. The van der Waals surface area contributed by atoms with Crippen molar-refractivity contribution < 1.29 is 23.7 Å². The maximum absolute atomic E-state index is 5.85. The molecule has 0 aromatic heterocycles. The Morgan fingerprint density at radius 2 is 1.21 bits per heavy atom. The van der Waals surface area contributed by atoms with Crippen LogP contribution in [-0.2, 0) is 0 Å². The molecule has 2 heterocycles. The van der Waals surface area contributed by atoms with Crippen LogP contribution >= 0.6 is 0 Å². The molecular formula is C14H10O5. The summed E-state index contributed by atoms with van der Waals surface area (Å²) in [6.45, 7) is 0.421. The van der Waals surface area contributed by atoms with Crippen LogP contribution in [0.5, 0.6) is 34.5 Å². The molecule has 0 spiro atoms. The highest BCUT2D eigenvalue weighted by molar-refractivity contribution is 5.58. The number of rotatable bonds is 2. The van der Waals surface area contributed by atoms with Crippen molar-refractivity contribution in [3.05, 3.63) is 36.4 Å². The van der Waals surface area contributed by atoms with Crippen LogP contribution < -0.4 is 23.7 Å². The third-order valence-corrected chi connectivity index (χ3v) is 2.94. The number of fused-ring (bicyclic) bond motifs is 2. The Kier molecular flexibility index (Phi) is 2.17. The molecular weight excluding hydrogens is 248 g/mol. The quantitative estimate of drug-likeness (QED) is 0.828. The molecule has 0 saturated carbocycles. The van der Waals surface area contributed by atoms with E-state index in [1.807, 2.05) is 36.4 Å². The molecule has 2 aliphatic heterocycles. The molecule has 0 radical (unpaired) electrons. The van der Waals surface area contributed by atoms with Gasteiger partial charge in [-0.1, -0.05) is 12.1 Å². The van der Waals surface area contributed by atoms with Crippen molar-refractivity contribution in [3.8, 4) is 34.5 Å². The SMILES string of the molecule is c1cc2c(c(Oc3cccc4c3OCO4)c1)OCO2. The minimum absolute atomic E-state index is 0.211. The summed E-state index contributed by atoms with van der Waals surface area (Å²) < 4.78 is 27.3. The zero-order chi connectivity index (χ0) is 12.7. The van der Waals surface area contributed by atoms with E-state index in [2.05, 4.69) is 0 Å². The first-order valence-electron chi connectivity index (χ1n) is 5.87.